The standard InChI is InChI=1S/C28H31ClN4O2S/c1-19-13-20(2)15-21(14-19)18-36-28-32-31-26(33(28)24-9-6-8-23(29)16-24)11-12-27(34)30-17-22-7-4-5-10-25(22)35-3/h4-9,13-16,25H,10-12,17-18H2,1-3H3,(H,30,34). The quantitative estimate of drug-likeness (QED) is 0.342. The number of allylic oxidation sites excluding steroid dienone is 2. The van der Waals surface area contributed by atoms with Crippen LogP contribution in [0.2, 0.25) is 5.02 Å². The third kappa shape index (κ3) is 6.87. The number of hydrogen-bond donors (Lipinski definition) is 1. The summed E-state index contributed by atoms with van der Waals surface area (Å²) in [5.74, 6) is 1.46. The molecule has 0 spiro atoms. The Kier molecular flexibility index (Phi) is 9.02. The normalized spacial score (nSPS) is 15.1. The van der Waals surface area contributed by atoms with Crippen molar-refractivity contribution in [3.8, 4) is 5.69 Å². The first kappa shape index (κ1) is 26.2. The summed E-state index contributed by atoms with van der Waals surface area (Å²) < 4.78 is 7.51. The van der Waals surface area contributed by atoms with Gasteiger partial charge < -0.3 is 10.1 Å². The van der Waals surface area contributed by atoms with Crippen molar-refractivity contribution in [2.75, 3.05) is 13.7 Å². The van der Waals surface area contributed by atoms with Crippen LogP contribution in [0.15, 0.2) is 71.4 Å². The predicted molar refractivity (Wildman–Crippen MR) is 146 cm³/mol. The van der Waals surface area contributed by atoms with Crippen LogP contribution in [-0.4, -0.2) is 40.4 Å². The van der Waals surface area contributed by atoms with Crippen molar-refractivity contribution >= 4 is 29.3 Å². The van der Waals surface area contributed by atoms with Crippen LogP contribution in [-0.2, 0) is 21.7 Å². The number of aryl methyl sites for hydroxylation is 3. The van der Waals surface area contributed by atoms with Gasteiger partial charge in [0.1, 0.15) is 5.82 Å². The molecule has 1 atom stereocenters. The Hall–Kier alpha value is -2.87. The molecule has 1 unspecified atom stereocenters. The minimum atomic E-state index is -0.0367. The highest BCUT2D eigenvalue weighted by Gasteiger charge is 2.18. The summed E-state index contributed by atoms with van der Waals surface area (Å²) in [5, 5.41) is 13.3. The molecule has 1 aliphatic carbocycles. The lowest BCUT2D eigenvalue weighted by Crippen LogP contribution is -2.30. The number of carbonyl (C=O) groups excluding carboxylic acids is 1. The minimum Gasteiger partial charge on any atom is -0.377 e. The van der Waals surface area contributed by atoms with Crippen LogP contribution in [0, 0.1) is 13.8 Å². The molecule has 36 heavy (non-hydrogen) atoms. The predicted octanol–water partition coefficient (Wildman–Crippen LogP) is 5.78. The summed E-state index contributed by atoms with van der Waals surface area (Å²) in [7, 11) is 1.69. The van der Waals surface area contributed by atoms with Crippen LogP contribution in [0.25, 0.3) is 5.69 Å². The van der Waals surface area contributed by atoms with Crippen LogP contribution in [0.4, 0.5) is 0 Å². The first-order valence-corrected chi connectivity index (χ1v) is 13.3. The number of thioether (sulfide) groups is 1. The molecule has 0 radical (unpaired) electrons. The second-order valence-corrected chi connectivity index (χ2v) is 10.3. The molecule has 1 heterocycles. The van der Waals surface area contributed by atoms with Gasteiger partial charge in [-0.1, -0.05) is 77.0 Å². The van der Waals surface area contributed by atoms with Crippen molar-refractivity contribution in [2.45, 2.75) is 50.1 Å². The van der Waals surface area contributed by atoms with E-state index in [-0.39, 0.29) is 12.0 Å². The van der Waals surface area contributed by atoms with E-state index >= 15 is 0 Å². The third-order valence-corrected chi connectivity index (χ3v) is 7.21. The average molecular weight is 523 g/mol. The highest BCUT2D eigenvalue weighted by molar-refractivity contribution is 7.98. The molecule has 188 valence electrons. The number of rotatable bonds is 10. The number of ether oxygens (including phenoxy) is 1. The van der Waals surface area contributed by atoms with Crippen molar-refractivity contribution in [3.63, 3.8) is 0 Å². The molecule has 1 aromatic heterocycles. The van der Waals surface area contributed by atoms with Gasteiger partial charge in [0.25, 0.3) is 0 Å². The molecule has 0 aliphatic heterocycles. The minimum absolute atomic E-state index is 0.0120. The highest BCUT2D eigenvalue weighted by Crippen LogP contribution is 2.27. The van der Waals surface area contributed by atoms with E-state index in [1.165, 1.54) is 16.7 Å². The Balaban J connectivity index is 1.46. The average Bonchev–Trinajstić information content (AvgIpc) is 3.27. The molecular weight excluding hydrogens is 492 g/mol. The van der Waals surface area contributed by atoms with Crippen LogP contribution < -0.4 is 5.32 Å². The van der Waals surface area contributed by atoms with Crippen LogP contribution in [0.3, 0.4) is 0 Å². The third-order valence-electron chi connectivity index (χ3n) is 5.98. The molecule has 0 saturated heterocycles. The van der Waals surface area contributed by atoms with E-state index in [9.17, 15) is 4.79 Å². The molecule has 1 aliphatic rings. The van der Waals surface area contributed by atoms with Gasteiger partial charge in [0.2, 0.25) is 5.91 Å². The molecule has 1 N–H and O–H groups in total. The maximum atomic E-state index is 12.7. The lowest BCUT2D eigenvalue weighted by molar-refractivity contribution is -0.120. The number of nitrogens with zero attached hydrogens (tertiary/aromatic N) is 3. The van der Waals surface area contributed by atoms with Crippen molar-refractivity contribution in [1.29, 1.82) is 0 Å². The second-order valence-electron chi connectivity index (χ2n) is 8.91. The molecule has 4 rings (SSSR count). The van der Waals surface area contributed by atoms with Crippen LogP contribution in [0.5, 0.6) is 0 Å². The topological polar surface area (TPSA) is 69.0 Å². The number of benzene rings is 2. The van der Waals surface area contributed by atoms with E-state index in [1.807, 2.05) is 41.0 Å². The van der Waals surface area contributed by atoms with Gasteiger partial charge in [-0.2, -0.15) is 0 Å². The summed E-state index contributed by atoms with van der Waals surface area (Å²) in [6.45, 7) is 4.69. The number of halogens is 1. The van der Waals surface area contributed by atoms with Gasteiger partial charge in [0.15, 0.2) is 5.16 Å². The van der Waals surface area contributed by atoms with Crippen molar-refractivity contribution in [3.05, 3.63) is 93.8 Å². The molecule has 0 bridgehead atoms. The Morgan fingerprint density at radius 3 is 2.75 bits per heavy atom. The van der Waals surface area contributed by atoms with E-state index in [4.69, 9.17) is 16.3 Å². The summed E-state index contributed by atoms with van der Waals surface area (Å²) >= 11 is 7.92. The summed E-state index contributed by atoms with van der Waals surface area (Å²) in [6.07, 6.45) is 7.68. The number of carbonyl (C=O) groups is 1. The Bertz CT molecular complexity index is 1260. The fraction of sp³-hybridized carbons (Fsp3) is 0.321. The molecule has 2 aromatic carbocycles. The SMILES string of the molecule is COC1CC=CC=C1CNC(=O)CCc1nnc(SCc2cc(C)cc(C)c2)n1-c1cccc(Cl)c1. The van der Waals surface area contributed by atoms with Crippen molar-refractivity contribution < 1.29 is 9.53 Å². The van der Waals surface area contributed by atoms with E-state index in [0.717, 1.165) is 34.4 Å². The molecule has 0 saturated carbocycles. The van der Waals surface area contributed by atoms with Crippen LogP contribution >= 0.6 is 23.4 Å². The fourth-order valence-corrected chi connectivity index (χ4v) is 5.40. The molecule has 1 amide bonds. The molecule has 6 nitrogen and oxygen atoms in total. The van der Waals surface area contributed by atoms with Gasteiger partial charge in [-0.15, -0.1) is 10.2 Å². The monoisotopic (exact) mass is 522 g/mol. The van der Waals surface area contributed by atoms with Gasteiger partial charge in [-0.3, -0.25) is 9.36 Å². The maximum Gasteiger partial charge on any atom is 0.220 e. The van der Waals surface area contributed by atoms with E-state index in [2.05, 4.69) is 53.6 Å². The first-order valence-electron chi connectivity index (χ1n) is 12.0. The van der Waals surface area contributed by atoms with Crippen molar-refractivity contribution in [1.82, 2.24) is 20.1 Å². The van der Waals surface area contributed by atoms with Gasteiger partial charge in [0.05, 0.1) is 11.8 Å². The van der Waals surface area contributed by atoms with E-state index < -0.39 is 0 Å². The highest BCUT2D eigenvalue weighted by atomic mass is 35.5. The fourth-order valence-electron chi connectivity index (χ4n) is 4.32. The smallest absolute Gasteiger partial charge is 0.220 e. The zero-order valence-electron chi connectivity index (χ0n) is 20.8. The second kappa shape index (κ2) is 12.4. The number of amides is 1. The largest absolute Gasteiger partial charge is 0.377 e. The molecular formula is C28H31ClN4O2S. The zero-order valence-corrected chi connectivity index (χ0v) is 22.4. The summed E-state index contributed by atoms with van der Waals surface area (Å²) in [6, 6.07) is 14.2. The van der Waals surface area contributed by atoms with E-state index in [0.29, 0.717) is 24.4 Å². The molecule has 8 heteroatoms. The van der Waals surface area contributed by atoms with Gasteiger partial charge in [-0.05, 0) is 49.6 Å². The van der Waals surface area contributed by atoms with E-state index in [1.54, 1.807) is 18.9 Å². The Labute approximate surface area is 221 Å². The summed E-state index contributed by atoms with van der Waals surface area (Å²) in [5.41, 5.74) is 5.67. The van der Waals surface area contributed by atoms with Gasteiger partial charge in [0, 0.05) is 37.3 Å². The number of methoxy groups -OCH3 is 1. The number of hydrogen-bond acceptors (Lipinski definition) is 5. The number of aromatic nitrogens is 3. The maximum absolute atomic E-state index is 12.7. The van der Waals surface area contributed by atoms with Gasteiger partial charge in [-0.25, -0.2) is 0 Å². The Morgan fingerprint density at radius 2 is 2.00 bits per heavy atom. The van der Waals surface area contributed by atoms with Crippen LogP contribution in [0.1, 0.15) is 35.4 Å². The first-order chi connectivity index (χ1) is 17.4. The Morgan fingerprint density at radius 1 is 1.19 bits per heavy atom. The lowest BCUT2D eigenvalue weighted by Gasteiger charge is -2.20. The summed E-state index contributed by atoms with van der Waals surface area (Å²) in [4.78, 5) is 12.7. The van der Waals surface area contributed by atoms with Crippen molar-refractivity contribution in [2.24, 2.45) is 0 Å². The van der Waals surface area contributed by atoms with Gasteiger partial charge >= 0.3 is 0 Å². The molecule has 0 fully saturated rings. The lowest BCUT2D eigenvalue weighted by atomic mass is 10.0. The zero-order chi connectivity index (χ0) is 25.5. The number of nitrogens with one attached hydrogen (secondary N) is 1. The molecule has 3 aromatic rings.